The minimum Gasteiger partial charge on any atom is -0.293 e. The van der Waals surface area contributed by atoms with Gasteiger partial charge in [-0.2, -0.15) is 0 Å². The molecule has 0 N–H and O–H groups in total. The number of carbonyl (C=O) groups excluding carboxylic acids is 1. The van der Waals surface area contributed by atoms with Crippen molar-refractivity contribution < 1.29 is 4.79 Å². The van der Waals surface area contributed by atoms with E-state index >= 15 is 0 Å². The first kappa shape index (κ1) is 20.0. The minimum atomic E-state index is -0.450. The lowest BCUT2D eigenvalue weighted by Crippen LogP contribution is -2.53. The number of piperidine rings is 1. The van der Waals surface area contributed by atoms with E-state index in [0.717, 1.165) is 42.4 Å². The number of anilines is 1. The van der Waals surface area contributed by atoms with Crippen molar-refractivity contribution in [2.75, 3.05) is 18.0 Å². The van der Waals surface area contributed by atoms with Gasteiger partial charge in [-0.05, 0) is 108 Å². The Morgan fingerprint density at radius 2 is 1.45 bits per heavy atom. The molecule has 2 aliphatic heterocycles. The van der Waals surface area contributed by atoms with Gasteiger partial charge in [-0.3, -0.25) is 19.6 Å². The number of benzene rings is 1. The van der Waals surface area contributed by atoms with Gasteiger partial charge in [0.25, 0.3) is 0 Å². The fraction of sp³-hybridized carbons (Fsp3) is 0.704. The van der Waals surface area contributed by atoms with Gasteiger partial charge in [-0.25, -0.2) is 0 Å². The Balaban J connectivity index is 1.47. The molecule has 4 saturated carbocycles. The van der Waals surface area contributed by atoms with Crippen molar-refractivity contribution in [3.63, 3.8) is 0 Å². The standard InChI is InChI=1S/C27H37N3O/c1-26(2)23(29-11-7-4-8-12-29)24(30(25(26)31)22-9-5-3-6-10-22)28-27-16-19-13-20(17-27)15-21(14-19)18-27/h3,5-6,9-10,19-21,23H,4,7-8,11-18H2,1-2H3/t19?,20?,21?,23-,27?/m1/s1. The molecule has 4 bridgehead atoms. The number of para-hydroxylation sites is 1. The van der Waals surface area contributed by atoms with Crippen LogP contribution in [0.5, 0.6) is 0 Å². The molecule has 1 atom stereocenters. The van der Waals surface area contributed by atoms with Gasteiger partial charge in [0.1, 0.15) is 5.84 Å². The Kier molecular flexibility index (Phi) is 4.61. The molecule has 6 fully saturated rings. The summed E-state index contributed by atoms with van der Waals surface area (Å²) in [7, 11) is 0. The van der Waals surface area contributed by atoms with Crippen molar-refractivity contribution in [2.24, 2.45) is 28.2 Å². The summed E-state index contributed by atoms with van der Waals surface area (Å²) in [6.45, 7) is 6.49. The predicted molar refractivity (Wildman–Crippen MR) is 125 cm³/mol. The van der Waals surface area contributed by atoms with Gasteiger partial charge in [0.2, 0.25) is 5.91 Å². The molecule has 4 nitrogen and oxygen atoms in total. The molecule has 1 aromatic rings. The molecule has 2 saturated heterocycles. The number of aliphatic imine (C=N–C) groups is 1. The van der Waals surface area contributed by atoms with E-state index in [1.807, 2.05) is 23.1 Å². The maximum Gasteiger partial charge on any atom is 0.240 e. The van der Waals surface area contributed by atoms with Crippen molar-refractivity contribution >= 4 is 17.4 Å². The zero-order chi connectivity index (χ0) is 21.2. The summed E-state index contributed by atoms with van der Waals surface area (Å²) in [6, 6.07) is 10.4. The molecule has 166 valence electrons. The largest absolute Gasteiger partial charge is 0.293 e. The van der Waals surface area contributed by atoms with Crippen molar-refractivity contribution in [3.8, 4) is 0 Å². The van der Waals surface area contributed by atoms with E-state index in [0.29, 0.717) is 0 Å². The van der Waals surface area contributed by atoms with Crippen LogP contribution in [0.3, 0.4) is 0 Å². The van der Waals surface area contributed by atoms with Gasteiger partial charge < -0.3 is 0 Å². The molecular formula is C27H37N3O. The molecule has 4 aliphatic carbocycles. The molecule has 0 spiro atoms. The van der Waals surface area contributed by atoms with Gasteiger partial charge in [0, 0.05) is 0 Å². The Labute approximate surface area is 187 Å². The zero-order valence-electron chi connectivity index (χ0n) is 19.2. The van der Waals surface area contributed by atoms with Gasteiger partial charge in [-0.15, -0.1) is 0 Å². The molecule has 6 aliphatic rings. The van der Waals surface area contributed by atoms with Crippen molar-refractivity contribution in [3.05, 3.63) is 30.3 Å². The van der Waals surface area contributed by atoms with Crippen LogP contribution >= 0.6 is 0 Å². The highest BCUT2D eigenvalue weighted by atomic mass is 16.2. The van der Waals surface area contributed by atoms with Gasteiger partial charge in [0.05, 0.1) is 22.7 Å². The van der Waals surface area contributed by atoms with E-state index in [2.05, 4.69) is 30.9 Å². The summed E-state index contributed by atoms with van der Waals surface area (Å²) in [6.07, 6.45) is 11.8. The zero-order valence-corrected chi connectivity index (χ0v) is 19.2. The Hall–Kier alpha value is -1.68. The van der Waals surface area contributed by atoms with Crippen LogP contribution in [0.1, 0.15) is 71.6 Å². The first-order valence-electron chi connectivity index (χ1n) is 12.7. The Morgan fingerprint density at radius 1 is 0.871 bits per heavy atom. The third-order valence-electron chi connectivity index (χ3n) is 9.04. The average molecular weight is 420 g/mol. The molecule has 1 aromatic carbocycles. The maximum absolute atomic E-state index is 13.9. The van der Waals surface area contributed by atoms with E-state index in [-0.39, 0.29) is 17.5 Å². The molecule has 2 heterocycles. The Bertz CT molecular complexity index is 848. The van der Waals surface area contributed by atoms with Crippen molar-refractivity contribution in [1.82, 2.24) is 4.90 Å². The lowest BCUT2D eigenvalue weighted by molar-refractivity contribution is -0.125. The van der Waals surface area contributed by atoms with E-state index < -0.39 is 5.41 Å². The van der Waals surface area contributed by atoms with Crippen LogP contribution in [0.15, 0.2) is 35.3 Å². The van der Waals surface area contributed by atoms with Gasteiger partial charge >= 0.3 is 0 Å². The third-order valence-corrected chi connectivity index (χ3v) is 9.04. The SMILES string of the molecule is CC1(C)C(=O)N(c2ccccc2)C(=NC23CC4CC(CC(C4)C2)C3)[C@H]1N1CCCCC1. The van der Waals surface area contributed by atoms with Crippen LogP contribution in [-0.4, -0.2) is 41.3 Å². The summed E-state index contributed by atoms with van der Waals surface area (Å²) in [5, 5.41) is 0. The number of amides is 1. The minimum absolute atomic E-state index is 0.0752. The van der Waals surface area contributed by atoms with E-state index in [9.17, 15) is 4.79 Å². The van der Waals surface area contributed by atoms with Crippen LogP contribution in [0.2, 0.25) is 0 Å². The predicted octanol–water partition coefficient (Wildman–Crippen LogP) is 5.28. The summed E-state index contributed by atoms with van der Waals surface area (Å²) in [4.78, 5) is 24.2. The second-order valence-electron chi connectivity index (χ2n) is 11.8. The fourth-order valence-electron chi connectivity index (χ4n) is 8.13. The molecule has 0 unspecified atom stereocenters. The number of hydrogen-bond acceptors (Lipinski definition) is 3. The lowest BCUT2D eigenvalue weighted by atomic mass is 9.53. The van der Waals surface area contributed by atoms with Crippen LogP contribution < -0.4 is 4.90 Å². The number of amidine groups is 1. The molecule has 1 amide bonds. The second-order valence-corrected chi connectivity index (χ2v) is 11.8. The number of likely N-dealkylation sites (tertiary alicyclic amines) is 1. The molecule has 0 aromatic heterocycles. The van der Waals surface area contributed by atoms with Gasteiger partial charge in [-0.1, -0.05) is 24.6 Å². The lowest BCUT2D eigenvalue weighted by Gasteiger charge is -2.55. The summed E-state index contributed by atoms with van der Waals surface area (Å²) in [5.74, 6) is 3.86. The highest BCUT2D eigenvalue weighted by molar-refractivity contribution is 6.27. The second kappa shape index (κ2) is 7.16. The fourth-order valence-corrected chi connectivity index (χ4v) is 8.13. The highest BCUT2D eigenvalue weighted by Gasteiger charge is 2.57. The van der Waals surface area contributed by atoms with E-state index in [1.165, 1.54) is 57.8 Å². The molecule has 4 heteroatoms. The van der Waals surface area contributed by atoms with Crippen molar-refractivity contribution in [2.45, 2.75) is 83.2 Å². The molecule has 0 radical (unpaired) electrons. The normalized spacial score (nSPS) is 40.8. The topological polar surface area (TPSA) is 35.9 Å². The molecule has 31 heavy (non-hydrogen) atoms. The van der Waals surface area contributed by atoms with Crippen molar-refractivity contribution in [1.29, 1.82) is 0 Å². The van der Waals surface area contributed by atoms with Crippen LogP contribution in [0.4, 0.5) is 5.69 Å². The smallest absolute Gasteiger partial charge is 0.240 e. The highest BCUT2D eigenvalue weighted by Crippen LogP contribution is 2.58. The molecular weight excluding hydrogens is 382 g/mol. The number of hydrogen-bond donors (Lipinski definition) is 0. The monoisotopic (exact) mass is 419 g/mol. The third kappa shape index (κ3) is 3.20. The maximum atomic E-state index is 13.9. The van der Waals surface area contributed by atoms with Crippen LogP contribution in [0.25, 0.3) is 0 Å². The number of rotatable bonds is 3. The number of carbonyl (C=O) groups is 1. The first-order chi connectivity index (χ1) is 15.0. The summed E-state index contributed by atoms with van der Waals surface area (Å²) in [5.41, 5.74) is 0.615. The molecule has 7 rings (SSSR count). The van der Waals surface area contributed by atoms with E-state index in [1.54, 1.807) is 0 Å². The Morgan fingerprint density at radius 3 is 2.03 bits per heavy atom. The van der Waals surface area contributed by atoms with Crippen LogP contribution in [-0.2, 0) is 4.79 Å². The van der Waals surface area contributed by atoms with Gasteiger partial charge in [0.15, 0.2) is 0 Å². The average Bonchev–Trinajstić information content (AvgIpc) is 2.93. The van der Waals surface area contributed by atoms with E-state index in [4.69, 9.17) is 4.99 Å². The summed E-state index contributed by atoms with van der Waals surface area (Å²) >= 11 is 0. The first-order valence-corrected chi connectivity index (χ1v) is 12.7. The number of nitrogens with zero attached hydrogens (tertiary/aromatic N) is 3. The summed E-state index contributed by atoms with van der Waals surface area (Å²) < 4.78 is 0. The quantitative estimate of drug-likeness (QED) is 0.668. The van der Waals surface area contributed by atoms with Crippen LogP contribution in [0, 0.1) is 23.2 Å².